The van der Waals surface area contributed by atoms with E-state index in [1.807, 2.05) is 4.90 Å². The van der Waals surface area contributed by atoms with E-state index in [4.69, 9.17) is 12.2 Å². The summed E-state index contributed by atoms with van der Waals surface area (Å²) in [6, 6.07) is 9.67. The monoisotopic (exact) mass is 477 g/mol. The minimum Gasteiger partial charge on any atom is -0.382 e. The molecule has 3 heterocycles. The Labute approximate surface area is 197 Å². The molecule has 1 amide bonds. The summed E-state index contributed by atoms with van der Waals surface area (Å²) >= 11 is 0. The average Bonchev–Trinajstić information content (AvgIpc) is 2.85. The quantitative estimate of drug-likeness (QED) is 0.508. The standard InChI is InChI=1S/C23H23N7O3S/c1-2-10-29-11-13-30(14-12-29)34(32,33)19-7-5-17(6-8-19)20-16-26-22(24)21(28-20)23(31)27-18-4-3-9-25-15-18/h1,3-9,15-16H,10-14H2,(H2,24,26)(H,27,31). The fourth-order valence-corrected chi connectivity index (χ4v) is 4.96. The summed E-state index contributed by atoms with van der Waals surface area (Å²) < 4.78 is 27.5. The molecular weight excluding hydrogens is 454 g/mol. The lowest BCUT2D eigenvalue weighted by Gasteiger charge is -2.32. The molecule has 1 aliphatic rings. The summed E-state index contributed by atoms with van der Waals surface area (Å²) in [5.41, 5.74) is 7.31. The maximum absolute atomic E-state index is 13.0. The number of benzene rings is 1. The first-order chi connectivity index (χ1) is 16.4. The molecule has 1 saturated heterocycles. The Bertz CT molecular complexity index is 1310. The van der Waals surface area contributed by atoms with Crippen LogP contribution in [0.3, 0.4) is 0 Å². The van der Waals surface area contributed by atoms with Crippen LogP contribution < -0.4 is 11.1 Å². The zero-order valence-electron chi connectivity index (χ0n) is 18.3. The molecule has 4 rings (SSSR count). The Morgan fingerprint density at radius 2 is 1.85 bits per heavy atom. The van der Waals surface area contributed by atoms with Gasteiger partial charge in [-0.1, -0.05) is 18.1 Å². The number of nitrogen functional groups attached to an aromatic ring is 1. The van der Waals surface area contributed by atoms with Gasteiger partial charge in [-0.05, 0) is 24.3 Å². The van der Waals surface area contributed by atoms with Crippen LogP contribution in [0.4, 0.5) is 11.5 Å². The van der Waals surface area contributed by atoms with Crippen molar-refractivity contribution in [3.63, 3.8) is 0 Å². The number of nitrogens with zero attached hydrogens (tertiary/aromatic N) is 5. The van der Waals surface area contributed by atoms with E-state index in [1.165, 1.54) is 28.8 Å². The molecule has 0 radical (unpaired) electrons. The SMILES string of the molecule is C#CCN1CCN(S(=O)(=O)c2ccc(-c3cnc(N)c(C(=O)Nc4cccnc4)n3)cc2)CC1. The molecule has 1 aliphatic heterocycles. The topological polar surface area (TPSA) is 134 Å². The smallest absolute Gasteiger partial charge is 0.278 e. The van der Waals surface area contributed by atoms with Gasteiger partial charge >= 0.3 is 0 Å². The van der Waals surface area contributed by atoms with Gasteiger partial charge in [0.05, 0.1) is 35.2 Å². The van der Waals surface area contributed by atoms with E-state index in [2.05, 4.69) is 26.2 Å². The molecule has 0 atom stereocenters. The van der Waals surface area contributed by atoms with E-state index in [1.54, 1.807) is 30.5 Å². The molecule has 174 valence electrons. The normalized spacial score (nSPS) is 14.9. The van der Waals surface area contributed by atoms with Gasteiger partial charge in [-0.15, -0.1) is 6.42 Å². The highest BCUT2D eigenvalue weighted by Crippen LogP contribution is 2.23. The second kappa shape index (κ2) is 9.96. The van der Waals surface area contributed by atoms with Crippen LogP contribution in [0.2, 0.25) is 0 Å². The summed E-state index contributed by atoms with van der Waals surface area (Å²) in [6.45, 7) is 2.45. The van der Waals surface area contributed by atoms with Gasteiger partial charge in [-0.2, -0.15) is 4.31 Å². The maximum Gasteiger partial charge on any atom is 0.278 e. The summed E-state index contributed by atoms with van der Waals surface area (Å²) in [5.74, 6) is 2.04. The molecule has 2 aromatic heterocycles. The zero-order chi connectivity index (χ0) is 24.1. The van der Waals surface area contributed by atoms with Gasteiger partial charge in [-0.3, -0.25) is 14.7 Å². The van der Waals surface area contributed by atoms with Gasteiger partial charge in [0.25, 0.3) is 5.91 Å². The molecule has 3 aromatic rings. The number of hydrogen-bond donors (Lipinski definition) is 2. The van der Waals surface area contributed by atoms with Crippen molar-refractivity contribution >= 4 is 27.4 Å². The lowest BCUT2D eigenvalue weighted by Crippen LogP contribution is -2.48. The van der Waals surface area contributed by atoms with Crippen LogP contribution in [0.25, 0.3) is 11.3 Å². The first-order valence-corrected chi connectivity index (χ1v) is 11.9. The summed E-state index contributed by atoms with van der Waals surface area (Å²) in [7, 11) is -3.63. The largest absolute Gasteiger partial charge is 0.382 e. The second-order valence-electron chi connectivity index (χ2n) is 7.59. The molecule has 0 bridgehead atoms. The fourth-order valence-electron chi connectivity index (χ4n) is 3.54. The van der Waals surface area contributed by atoms with Crippen LogP contribution in [0, 0.1) is 12.3 Å². The van der Waals surface area contributed by atoms with Crippen LogP contribution in [0.1, 0.15) is 10.5 Å². The first-order valence-electron chi connectivity index (χ1n) is 10.5. The number of piperazine rings is 1. The van der Waals surface area contributed by atoms with Crippen molar-refractivity contribution in [2.45, 2.75) is 4.90 Å². The molecule has 0 saturated carbocycles. The van der Waals surface area contributed by atoms with Gasteiger partial charge in [-0.25, -0.2) is 18.4 Å². The van der Waals surface area contributed by atoms with Crippen molar-refractivity contribution in [2.24, 2.45) is 0 Å². The minimum atomic E-state index is -3.63. The van der Waals surface area contributed by atoms with E-state index < -0.39 is 15.9 Å². The van der Waals surface area contributed by atoms with Crippen molar-refractivity contribution < 1.29 is 13.2 Å². The van der Waals surface area contributed by atoms with Crippen LogP contribution in [-0.4, -0.2) is 71.2 Å². The number of rotatable bonds is 6. The average molecular weight is 478 g/mol. The molecule has 1 fully saturated rings. The van der Waals surface area contributed by atoms with Crippen molar-refractivity contribution in [3.8, 4) is 23.6 Å². The highest BCUT2D eigenvalue weighted by atomic mass is 32.2. The number of terminal acetylenes is 1. The highest BCUT2D eigenvalue weighted by Gasteiger charge is 2.28. The third kappa shape index (κ3) is 5.04. The fraction of sp³-hybridized carbons (Fsp3) is 0.217. The maximum atomic E-state index is 13.0. The zero-order valence-corrected chi connectivity index (χ0v) is 19.1. The number of nitrogens with one attached hydrogen (secondary N) is 1. The number of hydrogen-bond acceptors (Lipinski definition) is 8. The summed E-state index contributed by atoms with van der Waals surface area (Å²) in [4.78, 5) is 27.2. The molecule has 0 aliphatic carbocycles. The Hall–Kier alpha value is -3.85. The van der Waals surface area contributed by atoms with E-state index in [-0.39, 0.29) is 16.4 Å². The van der Waals surface area contributed by atoms with E-state index in [0.717, 1.165) is 0 Å². The predicted octanol–water partition coefficient (Wildman–Crippen LogP) is 1.31. The Balaban J connectivity index is 1.51. The van der Waals surface area contributed by atoms with Gasteiger partial charge in [0, 0.05) is 37.9 Å². The van der Waals surface area contributed by atoms with Gasteiger partial charge < -0.3 is 11.1 Å². The molecule has 1 aromatic carbocycles. The van der Waals surface area contributed by atoms with E-state index in [0.29, 0.717) is 49.7 Å². The number of sulfonamides is 1. The molecule has 11 heteroatoms. The first kappa shape index (κ1) is 23.3. The molecule has 10 nitrogen and oxygen atoms in total. The van der Waals surface area contributed by atoms with Crippen LogP contribution >= 0.6 is 0 Å². The van der Waals surface area contributed by atoms with Gasteiger partial charge in [0.15, 0.2) is 11.5 Å². The van der Waals surface area contributed by atoms with E-state index >= 15 is 0 Å². The summed E-state index contributed by atoms with van der Waals surface area (Å²) in [5, 5.41) is 2.67. The number of carbonyl (C=O) groups excluding carboxylic acids is 1. The van der Waals surface area contributed by atoms with Gasteiger partial charge in [0.1, 0.15) is 0 Å². The number of carbonyl (C=O) groups is 1. The van der Waals surface area contributed by atoms with Crippen molar-refractivity contribution in [2.75, 3.05) is 43.8 Å². The number of anilines is 2. The third-order valence-corrected chi connectivity index (χ3v) is 7.28. The molecule has 0 unspecified atom stereocenters. The Morgan fingerprint density at radius 3 is 2.50 bits per heavy atom. The highest BCUT2D eigenvalue weighted by molar-refractivity contribution is 7.89. The molecule has 0 spiro atoms. The van der Waals surface area contributed by atoms with Crippen molar-refractivity contribution in [1.82, 2.24) is 24.2 Å². The van der Waals surface area contributed by atoms with Crippen LogP contribution in [0.5, 0.6) is 0 Å². The Kier molecular flexibility index (Phi) is 6.83. The van der Waals surface area contributed by atoms with Crippen LogP contribution in [0.15, 0.2) is 59.9 Å². The lowest BCUT2D eigenvalue weighted by molar-refractivity contribution is 0.102. The Morgan fingerprint density at radius 1 is 1.12 bits per heavy atom. The van der Waals surface area contributed by atoms with Crippen molar-refractivity contribution in [1.29, 1.82) is 0 Å². The summed E-state index contributed by atoms with van der Waals surface area (Å²) in [6.07, 6.45) is 9.86. The lowest BCUT2D eigenvalue weighted by atomic mass is 10.1. The third-order valence-electron chi connectivity index (χ3n) is 5.37. The second-order valence-corrected chi connectivity index (χ2v) is 9.53. The predicted molar refractivity (Wildman–Crippen MR) is 128 cm³/mol. The molecule has 34 heavy (non-hydrogen) atoms. The van der Waals surface area contributed by atoms with Crippen molar-refractivity contribution in [3.05, 3.63) is 60.7 Å². The number of pyridine rings is 1. The molecular formula is C23H23N7O3S. The van der Waals surface area contributed by atoms with Crippen LogP contribution in [-0.2, 0) is 10.0 Å². The van der Waals surface area contributed by atoms with E-state index in [9.17, 15) is 13.2 Å². The number of aromatic nitrogens is 3. The van der Waals surface area contributed by atoms with Gasteiger partial charge in [0.2, 0.25) is 10.0 Å². The molecule has 3 N–H and O–H groups in total. The minimum absolute atomic E-state index is 0.0201. The number of amides is 1. The number of nitrogens with two attached hydrogens (primary N) is 1.